The van der Waals surface area contributed by atoms with E-state index < -0.39 is 28.3 Å². The highest BCUT2D eigenvalue weighted by Gasteiger charge is 2.30. The number of sulfonamides is 1. The van der Waals surface area contributed by atoms with Crippen LogP contribution in [0.25, 0.3) is 0 Å². The van der Waals surface area contributed by atoms with Gasteiger partial charge in [-0.3, -0.25) is 9.10 Å². The van der Waals surface area contributed by atoms with Crippen molar-refractivity contribution in [3.8, 4) is 5.75 Å². The Balaban J connectivity index is 1.97. The van der Waals surface area contributed by atoms with Crippen LogP contribution in [0.2, 0.25) is 0 Å². The van der Waals surface area contributed by atoms with Crippen molar-refractivity contribution >= 4 is 21.6 Å². The lowest BCUT2D eigenvalue weighted by Gasteiger charge is -2.26. The summed E-state index contributed by atoms with van der Waals surface area (Å²) in [5, 5.41) is 2.82. The fourth-order valence-electron chi connectivity index (χ4n) is 3.27. The van der Waals surface area contributed by atoms with Gasteiger partial charge in [0.05, 0.1) is 18.8 Å². The van der Waals surface area contributed by atoms with Crippen LogP contribution in [0, 0.1) is 12.7 Å². The van der Waals surface area contributed by atoms with Crippen molar-refractivity contribution < 1.29 is 22.3 Å². The number of carbonyl (C=O) groups excluding carboxylic acids is 1. The molecule has 0 unspecified atom stereocenters. The van der Waals surface area contributed by atoms with Crippen LogP contribution in [0.4, 0.5) is 10.1 Å². The second-order valence-electron chi connectivity index (χ2n) is 7.34. The molecule has 3 rings (SSSR count). The third-order valence-electron chi connectivity index (χ3n) is 4.97. The fraction of sp³-hybridized carbons (Fsp3) is 0.208. The lowest BCUT2D eigenvalue weighted by molar-refractivity contribution is -0.120. The van der Waals surface area contributed by atoms with Gasteiger partial charge in [0.1, 0.15) is 23.0 Å². The number of aryl methyl sites for hydroxylation is 1. The number of halogens is 1. The number of amides is 1. The van der Waals surface area contributed by atoms with Crippen molar-refractivity contribution in [1.29, 1.82) is 0 Å². The molecule has 0 aromatic heterocycles. The number of anilines is 1. The lowest BCUT2D eigenvalue weighted by Crippen LogP contribution is -2.41. The fourth-order valence-corrected chi connectivity index (χ4v) is 4.93. The molecule has 0 fully saturated rings. The number of rotatable bonds is 8. The van der Waals surface area contributed by atoms with Crippen molar-refractivity contribution in [2.75, 3.05) is 18.0 Å². The summed E-state index contributed by atoms with van der Waals surface area (Å²) in [5.74, 6) is -0.858. The number of ether oxygens (including phenoxy) is 1. The van der Waals surface area contributed by atoms with E-state index in [0.717, 1.165) is 22.0 Å². The van der Waals surface area contributed by atoms with E-state index in [1.54, 1.807) is 19.1 Å². The molecule has 1 atom stereocenters. The molecule has 1 N–H and O–H groups in total. The van der Waals surface area contributed by atoms with E-state index in [0.29, 0.717) is 5.56 Å². The van der Waals surface area contributed by atoms with Crippen LogP contribution in [-0.4, -0.2) is 28.0 Å². The maximum Gasteiger partial charge on any atom is 0.268 e. The normalized spacial score (nSPS) is 12.1. The van der Waals surface area contributed by atoms with Gasteiger partial charge in [-0.05, 0) is 61.4 Å². The standard InChI is InChI=1S/C24H25FN2O4S/c1-17-9-14-22(31-3)23(15-17)32(29,30)27(21-12-10-20(25)11-13-21)16-24(28)26-18(2)19-7-5-4-6-8-19/h4-15,18H,16H2,1-3H3,(H,26,28)/t18-/m1/s1. The SMILES string of the molecule is COc1ccc(C)cc1S(=O)(=O)N(CC(=O)N[C@H](C)c1ccccc1)c1ccc(F)cc1. The third kappa shape index (κ3) is 5.26. The molecule has 32 heavy (non-hydrogen) atoms. The van der Waals surface area contributed by atoms with Crippen LogP contribution in [0.3, 0.4) is 0 Å². The van der Waals surface area contributed by atoms with E-state index in [4.69, 9.17) is 4.74 Å². The molecule has 0 saturated carbocycles. The van der Waals surface area contributed by atoms with Gasteiger partial charge in [-0.1, -0.05) is 36.4 Å². The second kappa shape index (κ2) is 9.82. The number of hydrogen-bond donors (Lipinski definition) is 1. The number of benzene rings is 3. The maximum absolute atomic E-state index is 13.6. The first-order chi connectivity index (χ1) is 15.2. The minimum atomic E-state index is -4.20. The van der Waals surface area contributed by atoms with Crippen LogP contribution in [-0.2, 0) is 14.8 Å². The van der Waals surface area contributed by atoms with Crippen LogP contribution in [0.5, 0.6) is 5.75 Å². The molecule has 0 aliphatic rings. The Kier molecular flexibility index (Phi) is 7.15. The van der Waals surface area contributed by atoms with Gasteiger partial charge in [0.15, 0.2) is 0 Å². The van der Waals surface area contributed by atoms with Gasteiger partial charge >= 0.3 is 0 Å². The predicted octanol–water partition coefficient (Wildman–Crippen LogP) is 4.22. The minimum Gasteiger partial charge on any atom is -0.495 e. The van der Waals surface area contributed by atoms with Crippen molar-refractivity contribution in [3.05, 3.63) is 89.7 Å². The highest BCUT2D eigenvalue weighted by Crippen LogP contribution is 2.31. The van der Waals surface area contributed by atoms with Crippen LogP contribution in [0.15, 0.2) is 77.7 Å². The molecule has 6 nitrogen and oxygen atoms in total. The topological polar surface area (TPSA) is 75.7 Å². The third-order valence-corrected chi connectivity index (χ3v) is 6.76. The summed E-state index contributed by atoms with van der Waals surface area (Å²) in [5.41, 5.74) is 1.76. The van der Waals surface area contributed by atoms with E-state index in [9.17, 15) is 17.6 Å². The Hall–Kier alpha value is -3.39. The van der Waals surface area contributed by atoms with Gasteiger partial charge in [-0.2, -0.15) is 0 Å². The number of carbonyl (C=O) groups is 1. The van der Waals surface area contributed by atoms with E-state index in [-0.39, 0.29) is 22.4 Å². The van der Waals surface area contributed by atoms with Gasteiger partial charge in [-0.15, -0.1) is 0 Å². The molecule has 0 bridgehead atoms. The number of methoxy groups -OCH3 is 1. The first kappa shape index (κ1) is 23.3. The zero-order valence-corrected chi connectivity index (χ0v) is 18.9. The van der Waals surface area contributed by atoms with Crippen molar-refractivity contribution in [2.24, 2.45) is 0 Å². The average molecular weight is 457 g/mol. The number of nitrogens with one attached hydrogen (secondary N) is 1. The molecule has 168 valence electrons. The van der Waals surface area contributed by atoms with Crippen molar-refractivity contribution in [1.82, 2.24) is 5.32 Å². The molecule has 0 heterocycles. The molecule has 3 aromatic carbocycles. The van der Waals surface area contributed by atoms with Gasteiger partial charge < -0.3 is 10.1 Å². The molecular weight excluding hydrogens is 431 g/mol. The summed E-state index contributed by atoms with van der Waals surface area (Å²) >= 11 is 0. The summed E-state index contributed by atoms with van der Waals surface area (Å²) in [6, 6.07) is 18.7. The monoisotopic (exact) mass is 456 g/mol. The molecular formula is C24H25FN2O4S. The summed E-state index contributed by atoms with van der Waals surface area (Å²) < 4.78 is 46.9. The quantitative estimate of drug-likeness (QED) is 0.551. The molecule has 1 amide bonds. The van der Waals surface area contributed by atoms with Gasteiger partial charge in [0.2, 0.25) is 5.91 Å². The highest BCUT2D eigenvalue weighted by molar-refractivity contribution is 7.93. The van der Waals surface area contributed by atoms with Crippen molar-refractivity contribution in [3.63, 3.8) is 0 Å². The van der Waals surface area contributed by atoms with Crippen LogP contribution < -0.4 is 14.4 Å². The largest absolute Gasteiger partial charge is 0.495 e. The zero-order valence-electron chi connectivity index (χ0n) is 18.1. The Labute approximate surface area is 187 Å². The molecule has 0 aliphatic heterocycles. The van der Waals surface area contributed by atoms with Gasteiger partial charge in [0.25, 0.3) is 10.0 Å². The Morgan fingerprint density at radius 3 is 2.34 bits per heavy atom. The Bertz CT molecular complexity index is 1180. The maximum atomic E-state index is 13.6. The number of nitrogens with zero attached hydrogens (tertiary/aromatic N) is 1. The highest BCUT2D eigenvalue weighted by atomic mass is 32.2. The van der Waals surface area contributed by atoms with Gasteiger partial charge in [-0.25, -0.2) is 12.8 Å². The van der Waals surface area contributed by atoms with E-state index in [1.165, 1.54) is 25.3 Å². The number of hydrogen-bond acceptors (Lipinski definition) is 4. The lowest BCUT2D eigenvalue weighted by atomic mass is 10.1. The summed E-state index contributed by atoms with van der Waals surface area (Å²) in [6.07, 6.45) is 0. The first-order valence-corrected chi connectivity index (χ1v) is 11.4. The average Bonchev–Trinajstić information content (AvgIpc) is 2.78. The Morgan fingerprint density at radius 1 is 1.06 bits per heavy atom. The molecule has 3 aromatic rings. The van der Waals surface area contributed by atoms with Crippen LogP contribution in [0.1, 0.15) is 24.1 Å². The van der Waals surface area contributed by atoms with Crippen LogP contribution >= 0.6 is 0 Å². The molecule has 0 aliphatic carbocycles. The summed E-state index contributed by atoms with van der Waals surface area (Å²) in [7, 11) is -2.83. The Morgan fingerprint density at radius 2 is 1.72 bits per heavy atom. The first-order valence-electron chi connectivity index (χ1n) is 9.99. The minimum absolute atomic E-state index is 0.0757. The molecule has 0 saturated heterocycles. The predicted molar refractivity (Wildman–Crippen MR) is 122 cm³/mol. The molecule has 8 heteroatoms. The van der Waals surface area contributed by atoms with E-state index >= 15 is 0 Å². The zero-order chi connectivity index (χ0) is 23.3. The van der Waals surface area contributed by atoms with E-state index in [1.807, 2.05) is 37.3 Å². The molecule has 0 spiro atoms. The van der Waals surface area contributed by atoms with E-state index in [2.05, 4.69) is 5.32 Å². The summed E-state index contributed by atoms with van der Waals surface area (Å²) in [4.78, 5) is 12.8. The van der Waals surface area contributed by atoms with Crippen molar-refractivity contribution in [2.45, 2.75) is 24.8 Å². The smallest absolute Gasteiger partial charge is 0.268 e. The summed E-state index contributed by atoms with van der Waals surface area (Å²) in [6.45, 7) is 3.09. The second-order valence-corrected chi connectivity index (χ2v) is 9.17. The van der Waals surface area contributed by atoms with Gasteiger partial charge in [0, 0.05) is 0 Å². The molecule has 0 radical (unpaired) electrons.